The Bertz CT molecular complexity index is 522. The molecular weight excluding hydrogens is 353 g/mol. The lowest BCUT2D eigenvalue weighted by molar-refractivity contribution is 0.116. The second kappa shape index (κ2) is 6.55. The first-order valence-electron chi connectivity index (χ1n) is 7.96. The summed E-state index contributed by atoms with van der Waals surface area (Å²) in [4.78, 5) is 0. The van der Waals surface area contributed by atoms with Crippen LogP contribution in [0.15, 0.2) is 16.6 Å². The zero-order chi connectivity index (χ0) is 15.0. The van der Waals surface area contributed by atoms with Crippen LogP contribution in [0.2, 0.25) is 5.02 Å². The fourth-order valence-corrected chi connectivity index (χ4v) is 4.77. The highest BCUT2D eigenvalue weighted by Gasteiger charge is 2.35. The summed E-state index contributed by atoms with van der Waals surface area (Å²) in [5.74, 6) is 1.83. The zero-order valence-corrected chi connectivity index (χ0v) is 14.5. The summed E-state index contributed by atoms with van der Waals surface area (Å²) in [5, 5.41) is 0.535. The molecule has 2 fully saturated rings. The quantitative estimate of drug-likeness (QED) is 0.646. The summed E-state index contributed by atoms with van der Waals surface area (Å²) >= 11 is 9.37. The SMILES string of the molecule is NC(c1cc(Cl)c(Br)cc1F)C1CCC2CCCCC2C1. The molecule has 1 nitrogen and oxygen atoms in total. The van der Waals surface area contributed by atoms with E-state index in [1.807, 2.05) is 0 Å². The number of hydrogen-bond donors (Lipinski definition) is 1. The van der Waals surface area contributed by atoms with Gasteiger partial charge in [0.15, 0.2) is 0 Å². The van der Waals surface area contributed by atoms with Crippen LogP contribution in [0.25, 0.3) is 0 Å². The number of halogens is 3. The third-order valence-corrected chi connectivity index (χ3v) is 6.68. The molecule has 1 aromatic carbocycles. The molecule has 0 radical (unpaired) electrons. The van der Waals surface area contributed by atoms with Crippen molar-refractivity contribution in [1.29, 1.82) is 0 Å². The molecule has 21 heavy (non-hydrogen) atoms. The molecule has 3 rings (SSSR count). The van der Waals surface area contributed by atoms with Crippen molar-refractivity contribution in [3.63, 3.8) is 0 Å². The molecule has 0 bridgehead atoms. The minimum atomic E-state index is -0.246. The van der Waals surface area contributed by atoms with Crippen LogP contribution in [0.3, 0.4) is 0 Å². The van der Waals surface area contributed by atoms with Gasteiger partial charge in [-0.3, -0.25) is 0 Å². The van der Waals surface area contributed by atoms with E-state index >= 15 is 0 Å². The predicted molar refractivity (Wildman–Crippen MR) is 88.8 cm³/mol. The fraction of sp³-hybridized carbons (Fsp3) is 0.647. The number of hydrogen-bond acceptors (Lipinski definition) is 1. The van der Waals surface area contributed by atoms with Gasteiger partial charge in [-0.05, 0) is 65.1 Å². The van der Waals surface area contributed by atoms with Gasteiger partial charge in [-0.1, -0.05) is 37.3 Å². The molecule has 0 aromatic heterocycles. The summed E-state index contributed by atoms with van der Waals surface area (Å²) in [5.41, 5.74) is 6.97. The van der Waals surface area contributed by atoms with Crippen LogP contribution in [0.5, 0.6) is 0 Å². The molecule has 2 N–H and O–H groups in total. The van der Waals surface area contributed by atoms with E-state index in [4.69, 9.17) is 17.3 Å². The van der Waals surface area contributed by atoms with Gasteiger partial charge in [-0.25, -0.2) is 4.39 Å². The Morgan fingerprint density at radius 1 is 1.14 bits per heavy atom. The summed E-state index contributed by atoms with van der Waals surface area (Å²) in [7, 11) is 0. The van der Waals surface area contributed by atoms with E-state index in [1.165, 1.54) is 38.2 Å². The molecule has 2 aliphatic rings. The average Bonchev–Trinajstić information content (AvgIpc) is 2.50. The number of nitrogens with two attached hydrogens (primary N) is 1. The van der Waals surface area contributed by atoms with Gasteiger partial charge in [0.25, 0.3) is 0 Å². The summed E-state index contributed by atoms with van der Waals surface area (Å²) < 4.78 is 14.8. The molecule has 0 saturated heterocycles. The highest BCUT2D eigenvalue weighted by atomic mass is 79.9. The van der Waals surface area contributed by atoms with Gasteiger partial charge in [0.05, 0.1) is 5.02 Å². The number of rotatable bonds is 2. The first-order chi connectivity index (χ1) is 10.1. The molecule has 4 heteroatoms. The average molecular weight is 375 g/mol. The summed E-state index contributed by atoms with van der Waals surface area (Å²) in [6, 6.07) is 2.89. The van der Waals surface area contributed by atoms with Crippen molar-refractivity contribution >= 4 is 27.5 Å². The fourth-order valence-electron chi connectivity index (χ4n) is 4.28. The first kappa shape index (κ1) is 15.8. The normalized spacial score (nSPS) is 30.8. The molecule has 1 aromatic rings. The summed E-state index contributed by atoms with van der Waals surface area (Å²) in [6.45, 7) is 0. The van der Waals surface area contributed by atoms with E-state index in [9.17, 15) is 4.39 Å². The summed E-state index contributed by atoms with van der Waals surface area (Å²) in [6.07, 6.45) is 8.97. The van der Waals surface area contributed by atoms with Gasteiger partial charge >= 0.3 is 0 Å². The van der Waals surface area contributed by atoms with E-state index in [-0.39, 0.29) is 11.9 Å². The molecule has 0 aliphatic heterocycles. The molecule has 2 saturated carbocycles. The Kier molecular flexibility index (Phi) is 4.92. The maximum absolute atomic E-state index is 14.2. The van der Waals surface area contributed by atoms with E-state index < -0.39 is 0 Å². The highest BCUT2D eigenvalue weighted by molar-refractivity contribution is 9.10. The second-order valence-electron chi connectivity index (χ2n) is 6.69. The van der Waals surface area contributed by atoms with Crippen LogP contribution in [-0.2, 0) is 0 Å². The van der Waals surface area contributed by atoms with E-state index in [2.05, 4.69) is 15.9 Å². The molecule has 2 aliphatic carbocycles. The molecular formula is C17H22BrClFN. The predicted octanol–water partition coefficient (Wildman–Crippen LogP) is 5.85. The lowest BCUT2D eigenvalue weighted by atomic mass is 9.65. The zero-order valence-electron chi connectivity index (χ0n) is 12.1. The van der Waals surface area contributed by atoms with E-state index in [1.54, 1.807) is 6.07 Å². The van der Waals surface area contributed by atoms with Crippen LogP contribution in [0.4, 0.5) is 4.39 Å². The van der Waals surface area contributed by atoms with Gasteiger partial charge < -0.3 is 5.73 Å². The highest BCUT2D eigenvalue weighted by Crippen LogP contribution is 2.46. The standard InChI is InChI=1S/C17H22BrClFN/c18-14-9-16(20)13(8-15(14)19)17(21)12-6-5-10-3-1-2-4-11(10)7-12/h8-12,17H,1-7,21H2. The van der Waals surface area contributed by atoms with Crippen LogP contribution in [0, 0.1) is 23.6 Å². The van der Waals surface area contributed by atoms with Crippen LogP contribution in [-0.4, -0.2) is 0 Å². The van der Waals surface area contributed by atoms with Crippen LogP contribution in [0.1, 0.15) is 56.6 Å². The van der Waals surface area contributed by atoms with Crippen molar-refractivity contribution < 1.29 is 4.39 Å². The van der Waals surface area contributed by atoms with Crippen LogP contribution >= 0.6 is 27.5 Å². The van der Waals surface area contributed by atoms with E-state index in [0.29, 0.717) is 21.0 Å². The van der Waals surface area contributed by atoms with Crippen molar-refractivity contribution in [3.05, 3.63) is 33.0 Å². The molecule has 0 spiro atoms. The molecule has 4 unspecified atom stereocenters. The number of benzene rings is 1. The van der Waals surface area contributed by atoms with Crippen molar-refractivity contribution in [1.82, 2.24) is 0 Å². The molecule has 116 valence electrons. The van der Waals surface area contributed by atoms with Crippen molar-refractivity contribution in [2.45, 2.75) is 51.0 Å². The third-order valence-electron chi connectivity index (χ3n) is 5.49. The minimum absolute atomic E-state index is 0.238. The smallest absolute Gasteiger partial charge is 0.129 e. The molecule has 4 atom stereocenters. The van der Waals surface area contributed by atoms with Crippen molar-refractivity contribution in [3.8, 4) is 0 Å². The Balaban J connectivity index is 1.76. The maximum Gasteiger partial charge on any atom is 0.129 e. The lowest BCUT2D eigenvalue weighted by Gasteiger charge is -2.41. The van der Waals surface area contributed by atoms with Crippen molar-refractivity contribution in [2.75, 3.05) is 0 Å². The van der Waals surface area contributed by atoms with Gasteiger partial charge in [0.1, 0.15) is 5.82 Å². The molecule has 0 heterocycles. The molecule has 0 amide bonds. The Morgan fingerprint density at radius 3 is 2.62 bits per heavy atom. The van der Waals surface area contributed by atoms with Crippen LogP contribution < -0.4 is 5.73 Å². The Hall–Kier alpha value is -0.120. The monoisotopic (exact) mass is 373 g/mol. The minimum Gasteiger partial charge on any atom is -0.324 e. The Morgan fingerprint density at radius 2 is 1.86 bits per heavy atom. The topological polar surface area (TPSA) is 26.0 Å². The lowest BCUT2D eigenvalue weighted by Crippen LogP contribution is -2.33. The van der Waals surface area contributed by atoms with Gasteiger partial charge in [-0.15, -0.1) is 0 Å². The van der Waals surface area contributed by atoms with Gasteiger partial charge in [-0.2, -0.15) is 0 Å². The Labute approximate surface area is 139 Å². The maximum atomic E-state index is 14.2. The van der Waals surface area contributed by atoms with E-state index in [0.717, 1.165) is 24.7 Å². The third kappa shape index (κ3) is 3.30. The first-order valence-corrected chi connectivity index (χ1v) is 9.13. The van der Waals surface area contributed by atoms with Gasteiger partial charge in [0, 0.05) is 16.1 Å². The van der Waals surface area contributed by atoms with Gasteiger partial charge in [0.2, 0.25) is 0 Å². The second-order valence-corrected chi connectivity index (χ2v) is 7.95. The number of fused-ring (bicyclic) bond motifs is 1. The largest absolute Gasteiger partial charge is 0.324 e. The van der Waals surface area contributed by atoms with Crippen molar-refractivity contribution in [2.24, 2.45) is 23.5 Å².